The summed E-state index contributed by atoms with van der Waals surface area (Å²) in [5.74, 6) is -1.77. The Balaban J connectivity index is 1.51. The van der Waals surface area contributed by atoms with E-state index in [9.17, 15) is 32.3 Å². The summed E-state index contributed by atoms with van der Waals surface area (Å²) >= 11 is 0. The van der Waals surface area contributed by atoms with Gasteiger partial charge in [-0.15, -0.1) is 0 Å². The maximum atomic E-state index is 15.2. The highest BCUT2D eigenvalue weighted by atomic mass is 19.4. The molecule has 47 heavy (non-hydrogen) atoms. The molecule has 0 bridgehead atoms. The first-order chi connectivity index (χ1) is 21.8. The standard InChI is InChI=1S/C32H37F4N5O6/c1-18-37-25-14-23(32(34,35)36)20(13-22(25)29(45)41(18)17-27(42)43)15-38(5)21-9-7-19(8-10-21)28(44)40-12-11-26(24(33)16-40)39(6)30(46)47-31(2,3)4/h7-10,13-14,24,26H,11-12,15-17H2,1-6H3,(H,42,43). The van der Waals surface area contributed by atoms with Crippen molar-refractivity contribution in [3.63, 3.8) is 0 Å². The van der Waals surface area contributed by atoms with Crippen LogP contribution in [0, 0.1) is 6.92 Å². The first kappa shape index (κ1) is 35.2. The van der Waals surface area contributed by atoms with Crippen LogP contribution in [0.2, 0.25) is 0 Å². The molecule has 15 heteroatoms. The summed E-state index contributed by atoms with van der Waals surface area (Å²) in [6, 6.07) is 7.17. The van der Waals surface area contributed by atoms with Crippen molar-refractivity contribution in [2.75, 3.05) is 32.1 Å². The maximum Gasteiger partial charge on any atom is 0.416 e. The van der Waals surface area contributed by atoms with Gasteiger partial charge in [-0.1, -0.05) is 0 Å². The lowest BCUT2D eigenvalue weighted by Gasteiger charge is -2.39. The van der Waals surface area contributed by atoms with Gasteiger partial charge in [-0.3, -0.25) is 19.0 Å². The lowest BCUT2D eigenvalue weighted by molar-refractivity contribution is -0.138. The molecule has 0 radical (unpaired) electrons. The van der Waals surface area contributed by atoms with E-state index in [1.165, 1.54) is 47.9 Å². The summed E-state index contributed by atoms with van der Waals surface area (Å²) in [6.45, 7) is 5.46. The molecule has 11 nitrogen and oxygen atoms in total. The molecule has 3 aromatic rings. The molecule has 0 saturated carbocycles. The third-order valence-electron chi connectivity index (χ3n) is 7.90. The summed E-state index contributed by atoms with van der Waals surface area (Å²) in [6.07, 6.45) is -6.73. The molecule has 1 N–H and O–H groups in total. The molecule has 0 aliphatic carbocycles. The number of benzene rings is 2. The number of fused-ring (bicyclic) bond motifs is 1. The van der Waals surface area contributed by atoms with E-state index in [4.69, 9.17) is 9.84 Å². The van der Waals surface area contributed by atoms with Crippen molar-refractivity contribution >= 4 is 34.6 Å². The van der Waals surface area contributed by atoms with Crippen LogP contribution in [0.1, 0.15) is 54.5 Å². The van der Waals surface area contributed by atoms with E-state index in [2.05, 4.69) is 4.98 Å². The number of hydrogen-bond donors (Lipinski definition) is 1. The Bertz CT molecular complexity index is 1740. The molecule has 2 atom stereocenters. The van der Waals surface area contributed by atoms with Crippen LogP contribution in [0.4, 0.5) is 28.0 Å². The van der Waals surface area contributed by atoms with Crippen LogP contribution < -0.4 is 10.5 Å². The monoisotopic (exact) mass is 663 g/mol. The van der Waals surface area contributed by atoms with Crippen LogP contribution in [-0.2, 0) is 28.8 Å². The smallest absolute Gasteiger partial charge is 0.416 e. The molecule has 254 valence electrons. The van der Waals surface area contributed by atoms with E-state index in [0.29, 0.717) is 5.69 Å². The van der Waals surface area contributed by atoms with Gasteiger partial charge in [0.25, 0.3) is 11.5 Å². The average molecular weight is 664 g/mol. The summed E-state index contributed by atoms with van der Waals surface area (Å²) < 4.78 is 63.7. The largest absolute Gasteiger partial charge is 0.480 e. The second-order valence-electron chi connectivity index (χ2n) is 12.6. The molecule has 1 aliphatic heterocycles. The topological polar surface area (TPSA) is 125 Å². The van der Waals surface area contributed by atoms with Crippen LogP contribution in [0.25, 0.3) is 10.9 Å². The normalized spacial score (nSPS) is 17.0. The number of carboxylic acid groups (broad SMARTS) is 1. The third-order valence-corrected chi connectivity index (χ3v) is 7.90. The second kappa shape index (κ2) is 13.2. The molecule has 0 spiro atoms. The number of aryl methyl sites for hydroxylation is 1. The molecule has 2 unspecified atom stereocenters. The van der Waals surface area contributed by atoms with Crippen molar-refractivity contribution in [2.45, 2.75) is 71.2 Å². The molecule has 1 aliphatic rings. The van der Waals surface area contributed by atoms with Gasteiger partial charge in [0.2, 0.25) is 0 Å². The van der Waals surface area contributed by atoms with Crippen molar-refractivity contribution in [3.8, 4) is 0 Å². The fourth-order valence-electron chi connectivity index (χ4n) is 5.51. The van der Waals surface area contributed by atoms with Gasteiger partial charge in [-0.25, -0.2) is 14.2 Å². The second-order valence-corrected chi connectivity index (χ2v) is 12.6. The van der Waals surface area contributed by atoms with Crippen molar-refractivity contribution < 1.29 is 41.8 Å². The summed E-state index contributed by atoms with van der Waals surface area (Å²) in [4.78, 5) is 57.9. The van der Waals surface area contributed by atoms with Gasteiger partial charge in [0.1, 0.15) is 24.1 Å². The van der Waals surface area contributed by atoms with Crippen molar-refractivity contribution in [1.82, 2.24) is 19.4 Å². The number of nitrogens with zero attached hydrogens (tertiary/aromatic N) is 5. The molecular weight excluding hydrogens is 626 g/mol. The number of piperidine rings is 1. The lowest BCUT2D eigenvalue weighted by atomic mass is 10.0. The van der Waals surface area contributed by atoms with E-state index in [-0.39, 0.29) is 53.9 Å². The first-order valence-corrected chi connectivity index (χ1v) is 14.8. The fourth-order valence-corrected chi connectivity index (χ4v) is 5.51. The molecule has 2 heterocycles. The van der Waals surface area contributed by atoms with Gasteiger partial charge in [-0.2, -0.15) is 13.2 Å². The number of hydrogen-bond acceptors (Lipinski definition) is 7. The van der Waals surface area contributed by atoms with Gasteiger partial charge >= 0.3 is 18.2 Å². The Hall–Kier alpha value is -4.69. The number of likely N-dealkylation sites (tertiary alicyclic amines) is 1. The number of rotatable bonds is 7. The van der Waals surface area contributed by atoms with Gasteiger partial charge in [0.05, 0.1) is 29.1 Å². The number of halogens is 4. The van der Waals surface area contributed by atoms with Crippen molar-refractivity contribution in [3.05, 3.63) is 69.3 Å². The lowest BCUT2D eigenvalue weighted by Crippen LogP contribution is -2.54. The number of anilines is 1. The highest BCUT2D eigenvalue weighted by molar-refractivity contribution is 5.94. The van der Waals surface area contributed by atoms with Crippen LogP contribution in [0.5, 0.6) is 0 Å². The number of aromatic nitrogens is 2. The highest BCUT2D eigenvalue weighted by Crippen LogP contribution is 2.35. The third kappa shape index (κ3) is 8.00. The Kier molecular flexibility index (Phi) is 9.88. The summed E-state index contributed by atoms with van der Waals surface area (Å²) in [5.41, 5.74) is -2.24. The minimum Gasteiger partial charge on any atom is -0.480 e. The zero-order chi connectivity index (χ0) is 35.0. The number of carbonyl (C=O) groups excluding carboxylic acids is 2. The Morgan fingerprint density at radius 2 is 1.72 bits per heavy atom. The molecule has 2 aromatic carbocycles. The number of amides is 2. The molecule has 1 saturated heterocycles. The van der Waals surface area contributed by atoms with Gasteiger partial charge < -0.3 is 24.5 Å². The predicted octanol–water partition coefficient (Wildman–Crippen LogP) is 4.86. The number of alkyl halides is 4. The van der Waals surface area contributed by atoms with Gasteiger partial charge in [0.15, 0.2) is 0 Å². The number of carbonyl (C=O) groups is 3. The van der Waals surface area contributed by atoms with Crippen LogP contribution >= 0.6 is 0 Å². The van der Waals surface area contributed by atoms with Crippen LogP contribution in [0.3, 0.4) is 0 Å². The molecular formula is C32H37F4N5O6. The minimum atomic E-state index is -4.77. The number of aliphatic carboxylic acids is 1. The number of carboxylic acids is 1. The highest BCUT2D eigenvalue weighted by Gasteiger charge is 2.38. The Morgan fingerprint density at radius 3 is 2.28 bits per heavy atom. The molecule has 2 amide bonds. The Labute approximate surface area is 268 Å². The van der Waals surface area contributed by atoms with E-state index in [0.717, 1.165) is 16.7 Å². The van der Waals surface area contributed by atoms with Crippen molar-refractivity contribution in [2.24, 2.45) is 0 Å². The Morgan fingerprint density at radius 1 is 1.09 bits per heavy atom. The zero-order valence-corrected chi connectivity index (χ0v) is 26.9. The quantitative estimate of drug-likeness (QED) is 0.356. The molecule has 4 rings (SSSR count). The van der Waals surface area contributed by atoms with Gasteiger partial charge in [0, 0.05) is 38.4 Å². The zero-order valence-electron chi connectivity index (χ0n) is 26.9. The van der Waals surface area contributed by atoms with E-state index >= 15 is 4.39 Å². The minimum absolute atomic E-state index is 0.0305. The summed E-state index contributed by atoms with van der Waals surface area (Å²) in [5, 5.41) is 9.01. The SMILES string of the molecule is Cc1nc2cc(C(F)(F)F)c(CN(C)c3ccc(C(=O)N4CCC(N(C)C(=O)OC(C)(C)C)C(F)C4)cc3)cc2c(=O)n1CC(=O)O. The van der Waals surface area contributed by atoms with E-state index in [1.807, 2.05) is 0 Å². The van der Waals surface area contributed by atoms with Crippen LogP contribution in [0.15, 0.2) is 41.2 Å². The van der Waals surface area contributed by atoms with Crippen molar-refractivity contribution in [1.29, 1.82) is 0 Å². The first-order valence-electron chi connectivity index (χ1n) is 14.8. The fraction of sp³-hybridized carbons (Fsp3) is 0.469. The molecule has 1 fully saturated rings. The van der Waals surface area contributed by atoms with E-state index in [1.54, 1.807) is 32.9 Å². The molecule has 1 aromatic heterocycles. The van der Waals surface area contributed by atoms with Gasteiger partial charge in [-0.05, 0) is 76.1 Å². The van der Waals surface area contributed by atoms with E-state index < -0.39 is 59.6 Å². The van der Waals surface area contributed by atoms with Crippen LogP contribution in [-0.4, -0.2) is 87.4 Å². The average Bonchev–Trinajstić information content (AvgIpc) is 2.97. The maximum absolute atomic E-state index is 15.2. The summed E-state index contributed by atoms with van der Waals surface area (Å²) in [7, 11) is 3.00. The number of ether oxygens (including phenoxy) is 1. The predicted molar refractivity (Wildman–Crippen MR) is 165 cm³/mol.